The molecule has 0 aliphatic carbocycles. The third kappa shape index (κ3) is 3.46. The molecule has 2 aromatic rings. The van der Waals surface area contributed by atoms with Gasteiger partial charge in [-0.15, -0.1) is 11.3 Å². The number of hydrogen-bond donors (Lipinski definition) is 1. The summed E-state index contributed by atoms with van der Waals surface area (Å²) in [4.78, 5) is 17.9. The topological polar surface area (TPSA) is 58.4 Å². The molecule has 0 spiro atoms. The Kier molecular flexibility index (Phi) is 5.05. The summed E-state index contributed by atoms with van der Waals surface area (Å²) in [5, 5.41) is 12.1. The van der Waals surface area contributed by atoms with Crippen LogP contribution in [-0.4, -0.2) is 38.7 Å². The number of halogens is 3. The zero-order chi connectivity index (χ0) is 18.1. The van der Waals surface area contributed by atoms with Crippen LogP contribution < -0.4 is 0 Å². The van der Waals surface area contributed by atoms with Crippen molar-refractivity contribution < 1.29 is 23.1 Å². The van der Waals surface area contributed by atoms with Gasteiger partial charge in [0.15, 0.2) is 5.82 Å². The summed E-state index contributed by atoms with van der Waals surface area (Å²) in [7, 11) is 2.75. The van der Waals surface area contributed by atoms with Crippen LogP contribution in [0.2, 0.25) is 0 Å². The van der Waals surface area contributed by atoms with Crippen molar-refractivity contribution in [2.45, 2.75) is 31.7 Å². The summed E-state index contributed by atoms with van der Waals surface area (Å²) in [5.41, 5.74) is -2.36. The average Bonchev–Trinajstić information content (AvgIpc) is 3.07. The highest BCUT2D eigenvalue weighted by molar-refractivity contribution is 7.10. The Balaban J connectivity index is 2.22. The zero-order valence-electron chi connectivity index (χ0n) is 13.5. The maximum atomic E-state index is 13.4. The number of alkyl halides is 3. The summed E-state index contributed by atoms with van der Waals surface area (Å²) < 4.78 is 41.4. The van der Waals surface area contributed by atoms with Crippen LogP contribution in [0.4, 0.5) is 13.2 Å². The maximum absolute atomic E-state index is 13.4. The molecule has 1 atom stereocenters. The first-order valence-electron chi connectivity index (χ1n) is 7.10. The van der Waals surface area contributed by atoms with Gasteiger partial charge in [-0.3, -0.25) is 4.79 Å². The van der Waals surface area contributed by atoms with E-state index in [4.69, 9.17) is 0 Å². The molecule has 0 aliphatic rings. The van der Waals surface area contributed by atoms with Gasteiger partial charge in [-0.05, 0) is 23.9 Å². The largest absolute Gasteiger partial charge is 0.425 e. The normalized spacial score (nSPS) is 14.5. The Labute approximate surface area is 141 Å². The summed E-state index contributed by atoms with van der Waals surface area (Å²) in [5.74, 6) is -1.42. The lowest BCUT2D eigenvalue weighted by Gasteiger charge is -2.31. The summed E-state index contributed by atoms with van der Waals surface area (Å²) >= 11 is 1.42. The number of rotatable bonds is 5. The highest BCUT2D eigenvalue weighted by Crippen LogP contribution is 2.41. The molecule has 1 amide bonds. The zero-order valence-corrected chi connectivity index (χ0v) is 14.3. The van der Waals surface area contributed by atoms with Gasteiger partial charge in [-0.2, -0.15) is 13.2 Å². The monoisotopic (exact) mass is 361 g/mol. The van der Waals surface area contributed by atoms with Crippen LogP contribution in [-0.2, 0) is 24.0 Å². The van der Waals surface area contributed by atoms with E-state index in [1.165, 1.54) is 36.5 Å². The molecule has 1 N–H and O–H groups in total. The van der Waals surface area contributed by atoms with Crippen LogP contribution in [0, 0.1) is 6.92 Å². The molecule has 24 heavy (non-hydrogen) atoms. The molecule has 1 unspecified atom stereocenters. The Morgan fingerprint density at radius 3 is 2.58 bits per heavy atom. The minimum absolute atomic E-state index is 0.191. The summed E-state index contributed by atoms with van der Waals surface area (Å²) in [6, 6.07) is 1.87. The fourth-order valence-electron chi connectivity index (χ4n) is 2.29. The summed E-state index contributed by atoms with van der Waals surface area (Å²) in [6.45, 7) is 2.06. The van der Waals surface area contributed by atoms with Gasteiger partial charge >= 0.3 is 6.18 Å². The fourth-order valence-corrected chi connectivity index (χ4v) is 3.25. The Bertz CT molecular complexity index is 726. The van der Waals surface area contributed by atoms with Crippen molar-refractivity contribution in [3.63, 3.8) is 0 Å². The Morgan fingerprint density at radius 1 is 1.46 bits per heavy atom. The SMILES string of the molecule is Cc1ccsc1CN(C)C(=O)CC(O)(c1nccn1C)C(F)(F)F. The van der Waals surface area contributed by atoms with Crippen LogP contribution in [0.15, 0.2) is 23.8 Å². The number of aryl methyl sites for hydroxylation is 2. The van der Waals surface area contributed by atoms with Crippen LogP contribution in [0.25, 0.3) is 0 Å². The molecule has 0 saturated carbocycles. The number of aromatic nitrogens is 2. The van der Waals surface area contributed by atoms with Gasteiger partial charge < -0.3 is 14.6 Å². The van der Waals surface area contributed by atoms with E-state index >= 15 is 0 Å². The quantitative estimate of drug-likeness (QED) is 0.891. The molecule has 2 aromatic heterocycles. The second-order valence-electron chi connectivity index (χ2n) is 5.67. The standard InChI is InChI=1S/C15H18F3N3O2S/c1-10-4-7-24-11(10)9-21(3)12(22)8-14(23,15(16,17)18)13-19-5-6-20(13)2/h4-7,23H,8-9H2,1-3H3. The van der Waals surface area contributed by atoms with Gasteiger partial charge in [-0.25, -0.2) is 4.98 Å². The van der Waals surface area contributed by atoms with Crippen LogP contribution >= 0.6 is 11.3 Å². The predicted molar refractivity (Wildman–Crippen MR) is 83.3 cm³/mol. The van der Waals surface area contributed by atoms with Crippen molar-refractivity contribution in [1.82, 2.24) is 14.5 Å². The lowest BCUT2D eigenvalue weighted by Crippen LogP contribution is -2.48. The van der Waals surface area contributed by atoms with E-state index in [2.05, 4.69) is 4.98 Å². The molecular formula is C15H18F3N3O2S. The van der Waals surface area contributed by atoms with Crippen molar-refractivity contribution in [2.24, 2.45) is 7.05 Å². The van der Waals surface area contributed by atoms with Gasteiger partial charge in [0.05, 0.1) is 13.0 Å². The number of nitrogens with zero attached hydrogens (tertiary/aromatic N) is 3. The van der Waals surface area contributed by atoms with E-state index in [0.717, 1.165) is 21.2 Å². The van der Waals surface area contributed by atoms with Crippen LogP contribution in [0.1, 0.15) is 22.7 Å². The molecule has 9 heteroatoms. The molecule has 0 saturated heterocycles. The number of hydrogen-bond acceptors (Lipinski definition) is 4. The molecule has 0 bridgehead atoms. The minimum atomic E-state index is -5.03. The predicted octanol–water partition coefficient (Wildman–Crippen LogP) is 2.59. The van der Waals surface area contributed by atoms with Crippen molar-refractivity contribution >= 4 is 17.2 Å². The van der Waals surface area contributed by atoms with E-state index in [1.54, 1.807) is 0 Å². The van der Waals surface area contributed by atoms with Gasteiger partial charge in [0.2, 0.25) is 11.5 Å². The molecule has 132 valence electrons. The highest BCUT2D eigenvalue weighted by Gasteiger charge is 2.58. The van der Waals surface area contributed by atoms with Crippen molar-refractivity contribution in [3.05, 3.63) is 40.1 Å². The van der Waals surface area contributed by atoms with E-state index < -0.39 is 29.9 Å². The molecule has 2 rings (SSSR count). The lowest BCUT2D eigenvalue weighted by atomic mass is 9.96. The smallest absolute Gasteiger partial charge is 0.374 e. The minimum Gasteiger partial charge on any atom is -0.374 e. The van der Waals surface area contributed by atoms with E-state index in [0.29, 0.717) is 0 Å². The Morgan fingerprint density at radius 2 is 2.12 bits per heavy atom. The van der Waals surface area contributed by atoms with Crippen LogP contribution in [0.3, 0.4) is 0 Å². The van der Waals surface area contributed by atoms with E-state index in [9.17, 15) is 23.1 Å². The molecular weight excluding hydrogens is 343 g/mol. The van der Waals surface area contributed by atoms with Gasteiger partial charge in [-0.1, -0.05) is 0 Å². The van der Waals surface area contributed by atoms with Crippen molar-refractivity contribution in [2.75, 3.05) is 7.05 Å². The first kappa shape index (κ1) is 18.5. The number of carbonyl (C=O) groups is 1. The second-order valence-corrected chi connectivity index (χ2v) is 6.67. The van der Waals surface area contributed by atoms with Crippen molar-refractivity contribution in [1.29, 1.82) is 0 Å². The number of carbonyl (C=O) groups excluding carboxylic acids is 1. The van der Waals surface area contributed by atoms with Gasteiger partial charge in [0, 0.05) is 31.4 Å². The van der Waals surface area contributed by atoms with E-state index in [1.807, 2.05) is 18.4 Å². The summed E-state index contributed by atoms with van der Waals surface area (Å²) in [6.07, 6.45) is -3.71. The van der Waals surface area contributed by atoms with Crippen molar-refractivity contribution in [3.8, 4) is 0 Å². The Hall–Kier alpha value is -1.87. The first-order chi connectivity index (χ1) is 11.1. The third-order valence-electron chi connectivity index (χ3n) is 3.84. The second kappa shape index (κ2) is 6.56. The molecule has 5 nitrogen and oxygen atoms in total. The molecule has 0 aromatic carbocycles. The van der Waals surface area contributed by atoms with E-state index in [-0.39, 0.29) is 6.54 Å². The molecule has 2 heterocycles. The average molecular weight is 361 g/mol. The van der Waals surface area contributed by atoms with Crippen LogP contribution in [0.5, 0.6) is 0 Å². The van der Waals surface area contributed by atoms with Gasteiger partial charge in [0.25, 0.3) is 0 Å². The fraction of sp³-hybridized carbons (Fsp3) is 0.467. The first-order valence-corrected chi connectivity index (χ1v) is 7.98. The third-order valence-corrected chi connectivity index (χ3v) is 4.85. The maximum Gasteiger partial charge on any atom is 0.425 e. The number of amides is 1. The number of thiophene rings is 1. The highest BCUT2D eigenvalue weighted by atomic mass is 32.1. The molecule has 0 aliphatic heterocycles. The number of imidazole rings is 1. The molecule has 0 radical (unpaired) electrons. The molecule has 0 fully saturated rings. The number of aliphatic hydroxyl groups is 1. The lowest BCUT2D eigenvalue weighted by molar-refractivity contribution is -0.271. The van der Waals surface area contributed by atoms with Gasteiger partial charge in [0.1, 0.15) is 0 Å².